The van der Waals surface area contributed by atoms with Crippen LogP contribution in [0.2, 0.25) is 0 Å². The SMILES string of the molecule is CC(C(=O)NC1(CO)CC1)c1cccc(N)c1. The van der Waals surface area contributed by atoms with Crippen LogP contribution in [0.4, 0.5) is 5.69 Å². The number of amides is 1. The molecule has 4 N–H and O–H groups in total. The highest BCUT2D eigenvalue weighted by Crippen LogP contribution is 2.35. The van der Waals surface area contributed by atoms with Gasteiger partial charge in [0.15, 0.2) is 0 Å². The second kappa shape index (κ2) is 4.37. The lowest BCUT2D eigenvalue weighted by Gasteiger charge is -2.18. The standard InChI is InChI=1S/C13H18N2O2/c1-9(10-3-2-4-11(14)7-10)12(17)15-13(8-16)5-6-13/h2-4,7,9,16H,5-6,8,14H2,1H3,(H,15,17). The van der Waals surface area contributed by atoms with Crippen LogP contribution in [0.25, 0.3) is 0 Å². The Labute approximate surface area is 101 Å². The molecule has 1 saturated carbocycles. The maximum absolute atomic E-state index is 12.0. The largest absolute Gasteiger partial charge is 0.399 e. The van der Waals surface area contributed by atoms with Crippen molar-refractivity contribution in [2.24, 2.45) is 0 Å². The van der Waals surface area contributed by atoms with Gasteiger partial charge in [0.25, 0.3) is 0 Å². The molecule has 0 spiro atoms. The van der Waals surface area contributed by atoms with Gasteiger partial charge in [-0.1, -0.05) is 12.1 Å². The lowest BCUT2D eigenvalue weighted by molar-refractivity contribution is -0.123. The van der Waals surface area contributed by atoms with E-state index in [1.807, 2.05) is 25.1 Å². The number of benzene rings is 1. The van der Waals surface area contributed by atoms with Gasteiger partial charge in [-0.05, 0) is 37.5 Å². The van der Waals surface area contributed by atoms with Gasteiger partial charge in [0, 0.05) is 5.69 Å². The number of hydrogen-bond acceptors (Lipinski definition) is 3. The van der Waals surface area contributed by atoms with Gasteiger partial charge in [0.05, 0.1) is 18.1 Å². The van der Waals surface area contributed by atoms with Crippen molar-refractivity contribution in [1.29, 1.82) is 0 Å². The molecule has 1 aliphatic carbocycles. The van der Waals surface area contributed by atoms with Crippen molar-refractivity contribution in [3.63, 3.8) is 0 Å². The van der Waals surface area contributed by atoms with Crippen molar-refractivity contribution in [2.75, 3.05) is 12.3 Å². The summed E-state index contributed by atoms with van der Waals surface area (Å²) in [5, 5.41) is 12.1. The minimum Gasteiger partial charge on any atom is -0.399 e. The molecule has 0 heterocycles. The fourth-order valence-electron chi connectivity index (χ4n) is 1.82. The van der Waals surface area contributed by atoms with Gasteiger partial charge in [-0.3, -0.25) is 4.79 Å². The average molecular weight is 234 g/mol. The minimum absolute atomic E-state index is 0.0163. The first-order valence-electron chi connectivity index (χ1n) is 5.85. The molecule has 4 nitrogen and oxygen atoms in total. The minimum atomic E-state index is -0.355. The van der Waals surface area contributed by atoms with Crippen molar-refractivity contribution in [3.8, 4) is 0 Å². The molecule has 4 heteroatoms. The number of aliphatic hydroxyl groups excluding tert-OH is 1. The first kappa shape index (κ1) is 11.9. The van der Waals surface area contributed by atoms with E-state index in [9.17, 15) is 4.79 Å². The predicted molar refractivity (Wildman–Crippen MR) is 66.5 cm³/mol. The van der Waals surface area contributed by atoms with Crippen LogP contribution in [-0.4, -0.2) is 23.2 Å². The van der Waals surface area contributed by atoms with E-state index in [1.54, 1.807) is 6.07 Å². The van der Waals surface area contributed by atoms with E-state index in [2.05, 4.69) is 5.32 Å². The third-order valence-electron chi connectivity index (χ3n) is 3.35. The second-order valence-corrected chi connectivity index (χ2v) is 4.82. The van der Waals surface area contributed by atoms with E-state index in [0.29, 0.717) is 5.69 Å². The first-order valence-corrected chi connectivity index (χ1v) is 5.85. The van der Waals surface area contributed by atoms with Gasteiger partial charge < -0.3 is 16.2 Å². The molecule has 92 valence electrons. The number of carbonyl (C=O) groups is 1. The van der Waals surface area contributed by atoms with E-state index < -0.39 is 0 Å². The highest BCUT2D eigenvalue weighted by molar-refractivity contribution is 5.84. The summed E-state index contributed by atoms with van der Waals surface area (Å²) in [6.07, 6.45) is 1.72. The van der Waals surface area contributed by atoms with Crippen molar-refractivity contribution >= 4 is 11.6 Å². The second-order valence-electron chi connectivity index (χ2n) is 4.82. The summed E-state index contributed by atoms with van der Waals surface area (Å²) >= 11 is 0. The Balaban J connectivity index is 2.04. The van der Waals surface area contributed by atoms with Gasteiger partial charge >= 0.3 is 0 Å². The number of anilines is 1. The number of nitrogens with one attached hydrogen (secondary N) is 1. The number of nitrogen functional groups attached to an aromatic ring is 1. The van der Waals surface area contributed by atoms with E-state index in [-0.39, 0.29) is 24.0 Å². The highest BCUT2D eigenvalue weighted by atomic mass is 16.3. The molecule has 0 saturated heterocycles. The Kier molecular flexibility index (Phi) is 3.07. The van der Waals surface area contributed by atoms with Crippen LogP contribution in [0.15, 0.2) is 24.3 Å². The summed E-state index contributed by atoms with van der Waals surface area (Å²) in [5.41, 5.74) is 6.89. The van der Waals surface area contributed by atoms with E-state index in [4.69, 9.17) is 10.8 Å². The van der Waals surface area contributed by atoms with Crippen molar-refractivity contribution in [3.05, 3.63) is 29.8 Å². The Morgan fingerprint density at radius 1 is 1.59 bits per heavy atom. The Morgan fingerprint density at radius 2 is 2.29 bits per heavy atom. The first-order chi connectivity index (χ1) is 8.06. The molecule has 2 rings (SSSR count). The van der Waals surface area contributed by atoms with E-state index >= 15 is 0 Å². The number of rotatable bonds is 4. The smallest absolute Gasteiger partial charge is 0.227 e. The molecule has 1 aromatic carbocycles. The Morgan fingerprint density at radius 3 is 2.82 bits per heavy atom. The van der Waals surface area contributed by atoms with Gasteiger partial charge in [-0.15, -0.1) is 0 Å². The monoisotopic (exact) mass is 234 g/mol. The zero-order chi connectivity index (χ0) is 12.5. The molecule has 1 aromatic rings. The van der Waals surface area contributed by atoms with Gasteiger partial charge in [0.2, 0.25) is 5.91 Å². The summed E-state index contributed by atoms with van der Waals surface area (Å²) in [4.78, 5) is 12.0. The van der Waals surface area contributed by atoms with Crippen LogP contribution in [-0.2, 0) is 4.79 Å². The van der Waals surface area contributed by atoms with Gasteiger partial charge in [-0.2, -0.15) is 0 Å². The fourth-order valence-corrected chi connectivity index (χ4v) is 1.82. The Bertz CT molecular complexity index is 427. The number of hydrogen-bond donors (Lipinski definition) is 3. The summed E-state index contributed by atoms with van der Waals surface area (Å²) in [7, 11) is 0. The summed E-state index contributed by atoms with van der Waals surface area (Å²) in [6.45, 7) is 1.86. The fraction of sp³-hybridized carbons (Fsp3) is 0.462. The molecule has 0 bridgehead atoms. The average Bonchev–Trinajstić information content (AvgIpc) is 3.08. The molecular weight excluding hydrogens is 216 g/mol. The van der Waals surface area contributed by atoms with Crippen LogP contribution in [0.1, 0.15) is 31.2 Å². The summed E-state index contributed by atoms with van der Waals surface area (Å²) in [5.74, 6) is -0.301. The van der Waals surface area contributed by atoms with Crippen molar-refractivity contribution in [1.82, 2.24) is 5.32 Å². The molecule has 1 unspecified atom stereocenters. The molecule has 1 amide bonds. The van der Waals surface area contributed by atoms with Crippen LogP contribution in [0, 0.1) is 0 Å². The van der Waals surface area contributed by atoms with Crippen molar-refractivity contribution in [2.45, 2.75) is 31.2 Å². The number of carbonyl (C=O) groups excluding carboxylic acids is 1. The molecule has 1 atom stereocenters. The van der Waals surface area contributed by atoms with Crippen LogP contribution in [0.5, 0.6) is 0 Å². The maximum Gasteiger partial charge on any atom is 0.227 e. The molecule has 0 aromatic heterocycles. The quantitative estimate of drug-likeness (QED) is 0.681. The van der Waals surface area contributed by atoms with Crippen LogP contribution >= 0.6 is 0 Å². The maximum atomic E-state index is 12.0. The molecule has 17 heavy (non-hydrogen) atoms. The number of nitrogens with two attached hydrogens (primary N) is 1. The van der Waals surface area contributed by atoms with Crippen molar-refractivity contribution < 1.29 is 9.90 Å². The van der Waals surface area contributed by atoms with Gasteiger partial charge in [0.1, 0.15) is 0 Å². The topological polar surface area (TPSA) is 75.3 Å². The van der Waals surface area contributed by atoms with E-state index in [0.717, 1.165) is 18.4 Å². The molecule has 0 aliphatic heterocycles. The third-order valence-corrected chi connectivity index (χ3v) is 3.35. The summed E-state index contributed by atoms with van der Waals surface area (Å²) < 4.78 is 0. The lowest BCUT2D eigenvalue weighted by Crippen LogP contribution is -2.41. The van der Waals surface area contributed by atoms with Crippen LogP contribution in [0.3, 0.4) is 0 Å². The molecule has 0 radical (unpaired) electrons. The zero-order valence-electron chi connectivity index (χ0n) is 9.94. The molecular formula is C13H18N2O2. The highest BCUT2D eigenvalue weighted by Gasteiger charge is 2.44. The zero-order valence-corrected chi connectivity index (χ0v) is 9.94. The van der Waals surface area contributed by atoms with Crippen LogP contribution < -0.4 is 11.1 Å². The van der Waals surface area contributed by atoms with E-state index in [1.165, 1.54) is 0 Å². The number of aliphatic hydroxyl groups is 1. The Hall–Kier alpha value is -1.55. The summed E-state index contributed by atoms with van der Waals surface area (Å²) in [6, 6.07) is 7.33. The van der Waals surface area contributed by atoms with Gasteiger partial charge in [-0.25, -0.2) is 0 Å². The third kappa shape index (κ3) is 2.58. The molecule has 1 fully saturated rings. The lowest BCUT2D eigenvalue weighted by atomic mass is 9.99. The normalized spacial score (nSPS) is 18.5. The predicted octanol–water partition coefficient (Wildman–Crippen LogP) is 1.01. The molecule has 1 aliphatic rings.